The molecule has 1 rings (SSSR count). The molecule has 1 aromatic rings. The summed E-state index contributed by atoms with van der Waals surface area (Å²) in [6.45, 7) is 1.98. The quantitative estimate of drug-likeness (QED) is 0.472. The van der Waals surface area contributed by atoms with Crippen molar-refractivity contribution in [3.63, 3.8) is 0 Å². The molecule has 1 aromatic heterocycles. The van der Waals surface area contributed by atoms with Crippen molar-refractivity contribution in [2.24, 2.45) is 0 Å². The molecule has 0 spiro atoms. The predicted octanol–water partition coefficient (Wildman–Crippen LogP) is 2.03. The standard InChI is InChI=1S/C9H9BrO4/c1-2-13-9(12)8-4-3-7(14-8)6(11)5-10/h3-4H,2,5H2,1H3. The number of halogens is 1. The Kier molecular flexibility index (Phi) is 3.88. The van der Waals surface area contributed by atoms with Crippen molar-refractivity contribution in [3.8, 4) is 0 Å². The first-order valence-electron chi connectivity index (χ1n) is 4.05. The Labute approximate surface area is 89.4 Å². The van der Waals surface area contributed by atoms with Crippen LogP contribution in [0.3, 0.4) is 0 Å². The van der Waals surface area contributed by atoms with Gasteiger partial charge in [-0.3, -0.25) is 4.79 Å². The molecule has 0 amide bonds. The molecule has 0 aliphatic heterocycles. The Morgan fingerprint density at radius 1 is 1.43 bits per heavy atom. The highest BCUT2D eigenvalue weighted by Crippen LogP contribution is 2.10. The SMILES string of the molecule is CCOC(=O)c1ccc(C(=O)CBr)o1. The van der Waals surface area contributed by atoms with E-state index in [-0.39, 0.29) is 29.2 Å². The summed E-state index contributed by atoms with van der Waals surface area (Å²) in [5, 5.41) is 0.169. The van der Waals surface area contributed by atoms with Gasteiger partial charge in [-0.15, -0.1) is 0 Å². The number of furan rings is 1. The first-order chi connectivity index (χ1) is 6.69. The fraction of sp³-hybridized carbons (Fsp3) is 0.333. The van der Waals surface area contributed by atoms with Gasteiger partial charge in [0.2, 0.25) is 11.5 Å². The minimum absolute atomic E-state index is 0.0520. The van der Waals surface area contributed by atoms with E-state index in [2.05, 4.69) is 15.9 Å². The van der Waals surface area contributed by atoms with Crippen molar-refractivity contribution in [1.82, 2.24) is 0 Å². The highest BCUT2D eigenvalue weighted by atomic mass is 79.9. The van der Waals surface area contributed by atoms with Crippen molar-refractivity contribution in [1.29, 1.82) is 0 Å². The van der Waals surface area contributed by atoms with Crippen molar-refractivity contribution < 1.29 is 18.7 Å². The molecule has 5 heteroatoms. The Hall–Kier alpha value is -1.10. The normalized spacial score (nSPS) is 9.86. The second-order valence-electron chi connectivity index (χ2n) is 2.44. The van der Waals surface area contributed by atoms with Crippen LogP contribution in [0.15, 0.2) is 16.5 Å². The third-order valence-electron chi connectivity index (χ3n) is 1.48. The number of hydrogen-bond donors (Lipinski definition) is 0. The fourth-order valence-corrected chi connectivity index (χ4v) is 1.14. The van der Waals surface area contributed by atoms with Crippen LogP contribution in [0.2, 0.25) is 0 Å². The third kappa shape index (κ3) is 2.45. The minimum atomic E-state index is -0.555. The van der Waals surface area contributed by atoms with Gasteiger partial charge >= 0.3 is 5.97 Å². The van der Waals surface area contributed by atoms with Gasteiger partial charge in [-0.05, 0) is 19.1 Å². The molecule has 0 radical (unpaired) electrons. The summed E-state index contributed by atoms with van der Waals surface area (Å²) in [6, 6.07) is 2.88. The lowest BCUT2D eigenvalue weighted by Gasteiger charge is -1.96. The molecule has 1 heterocycles. The Balaban J connectivity index is 2.77. The molecule has 14 heavy (non-hydrogen) atoms. The first-order valence-corrected chi connectivity index (χ1v) is 5.17. The zero-order chi connectivity index (χ0) is 10.6. The van der Waals surface area contributed by atoms with Crippen LogP contribution < -0.4 is 0 Å². The van der Waals surface area contributed by atoms with Gasteiger partial charge in [-0.25, -0.2) is 4.79 Å². The number of ether oxygens (including phenoxy) is 1. The van der Waals surface area contributed by atoms with Gasteiger partial charge in [0, 0.05) is 0 Å². The van der Waals surface area contributed by atoms with Gasteiger partial charge in [0.05, 0.1) is 11.9 Å². The minimum Gasteiger partial charge on any atom is -0.460 e. The summed E-state index contributed by atoms with van der Waals surface area (Å²) in [4.78, 5) is 22.2. The molecule has 0 atom stereocenters. The first kappa shape index (κ1) is 11.0. The molecule has 76 valence electrons. The largest absolute Gasteiger partial charge is 0.460 e. The van der Waals surface area contributed by atoms with Crippen LogP contribution in [0.5, 0.6) is 0 Å². The number of hydrogen-bond acceptors (Lipinski definition) is 4. The molecule has 0 saturated carbocycles. The average Bonchev–Trinajstić information content (AvgIpc) is 2.66. The summed E-state index contributed by atoms with van der Waals surface area (Å²) in [6.07, 6.45) is 0. The van der Waals surface area contributed by atoms with Crippen molar-refractivity contribution in [2.45, 2.75) is 6.92 Å². The van der Waals surface area contributed by atoms with Crippen LogP contribution in [0.4, 0.5) is 0 Å². The van der Waals surface area contributed by atoms with Crippen LogP contribution in [0, 0.1) is 0 Å². The molecular formula is C9H9BrO4. The van der Waals surface area contributed by atoms with Crippen LogP contribution in [0.1, 0.15) is 28.0 Å². The van der Waals surface area contributed by atoms with E-state index in [1.165, 1.54) is 12.1 Å². The van der Waals surface area contributed by atoms with E-state index in [4.69, 9.17) is 9.15 Å². The van der Waals surface area contributed by atoms with Crippen molar-refractivity contribution in [3.05, 3.63) is 23.7 Å². The molecule has 0 aliphatic rings. The molecule has 4 nitrogen and oxygen atoms in total. The fourth-order valence-electron chi connectivity index (χ4n) is 0.866. The van der Waals surface area contributed by atoms with E-state index < -0.39 is 5.97 Å². The number of ketones is 1. The lowest BCUT2D eigenvalue weighted by molar-refractivity contribution is 0.0488. The monoisotopic (exact) mass is 260 g/mol. The lowest BCUT2D eigenvalue weighted by Crippen LogP contribution is -2.03. The Morgan fingerprint density at radius 2 is 2.07 bits per heavy atom. The van der Waals surface area contributed by atoms with Crippen LogP contribution >= 0.6 is 15.9 Å². The van der Waals surface area contributed by atoms with Gasteiger partial charge in [0.25, 0.3) is 0 Å². The summed E-state index contributed by atoms with van der Waals surface area (Å²) in [5.74, 6) is -0.553. The Morgan fingerprint density at radius 3 is 2.64 bits per heavy atom. The summed E-state index contributed by atoms with van der Waals surface area (Å²) >= 11 is 3.00. The number of rotatable bonds is 4. The van der Waals surface area contributed by atoms with Crippen molar-refractivity contribution >= 4 is 27.7 Å². The van der Waals surface area contributed by atoms with Crippen LogP contribution in [0.25, 0.3) is 0 Å². The maximum absolute atomic E-state index is 11.1. The lowest BCUT2D eigenvalue weighted by atomic mass is 10.3. The smallest absolute Gasteiger partial charge is 0.374 e. The van der Waals surface area contributed by atoms with Crippen LogP contribution in [-0.2, 0) is 4.74 Å². The van der Waals surface area contributed by atoms with Gasteiger partial charge < -0.3 is 9.15 Å². The molecule has 0 aromatic carbocycles. The second kappa shape index (κ2) is 4.95. The zero-order valence-electron chi connectivity index (χ0n) is 7.58. The highest BCUT2D eigenvalue weighted by molar-refractivity contribution is 9.09. The number of Topliss-reactive ketones (excluding diaryl/α,β-unsaturated/α-hetero) is 1. The van der Waals surface area contributed by atoms with E-state index >= 15 is 0 Å². The highest BCUT2D eigenvalue weighted by Gasteiger charge is 2.15. The molecule has 0 unspecified atom stereocenters. The van der Waals surface area contributed by atoms with Gasteiger partial charge in [-0.2, -0.15) is 0 Å². The number of alkyl halides is 1. The van der Waals surface area contributed by atoms with E-state index in [1.807, 2.05) is 0 Å². The average molecular weight is 261 g/mol. The zero-order valence-corrected chi connectivity index (χ0v) is 9.17. The molecule has 0 saturated heterocycles. The maximum atomic E-state index is 11.1. The number of esters is 1. The van der Waals surface area contributed by atoms with E-state index in [0.717, 1.165) is 0 Å². The number of carbonyl (C=O) groups is 2. The Bertz CT molecular complexity index is 342. The van der Waals surface area contributed by atoms with Crippen LogP contribution in [-0.4, -0.2) is 23.7 Å². The summed E-state index contributed by atoms with van der Waals surface area (Å²) in [5.41, 5.74) is 0. The molecule has 0 fully saturated rings. The predicted molar refractivity (Wildman–Crippen MR) is 52.8 cm³/mol. The molecule has 0 aliphatic carbocycles. The molecule has 0 bridgehead atoms. The van der Waals surface area contributed by atoms with E-state index in [9.17, 15) is 9.59 Å². The van der Waals surface area contributed by atoms with E-state index in [0.29, 0.717) is 0 Å². The van der Waals surface area contributed by atoms with Gasteiger partial charge in [0.15, 0.2) is 5.76 Å². The van der Waals surface area contributed by atoms with E-state index in [1.54, 1.807) is 6.92 Å². The summed E-state index contributed by atoms with van der Waals surface area (Å²) < 4.78 is 9.70. The maximum Gasteiger partial charge on any atom is 0.374 e. The summed E-state index contributed by atoms with van der Waals surface area (Å²) in [7, 11) is 0. The topological polar surface area (TPSA) is 56.5 Å². The number of carbonyl (C=O) groups excluding carboxylic acids is 2. The van der Waals surface area contributed by atoms with Crippen molar-refractivity contribution in [2.75, 3.05) is 11.9 Å². The molecular weight excluding hydrogens is 252 g/mol. The van der Waals surface area contributed by atoms with Gasteiger partial charge in [0.1, 0.15) is 0 Å². The molecule has 0 N–H and O–H groups in total. The van der Waals surface area contributed by atoms with Gasteiger partial charge in [-0.1, -0.05) is 15.9 Å². The second-order valence-corrected chi connectivity index (χ2v) is 3.00. The third-order valence-corrected chi connectivity index (χ3v) is 1.99.